The minimum atomic E-state index is -4.29. The highest BCUT2D eigenvalue weighted by atomic mass is 35.5. The van der Waals surface area contributed by atoms with Gasteiger partial charge in [0.1, 0.15) is 18.6 Å². The fourth-order valence-electron chi connectivity index (χ4n) is 1.86. The van der Waals surface area contributed by atoms with Crippen LogP contribution in [-0.4, -0.2) is 24.9 Å². The summed E-state index contributed by atoms with van der Waals surface area (Å²) in [4.78, 5) is 14.6. The lowest BCUT2D eigenvalue weighted by Gasteiger charge is -2.07. The Morgan fingerprint density at radius 3 is 2.52 bits per heavy atom. The number of hydrogen-bond acceptors (Lipinski definition) is 6. The monoisotopic (exact) mass is 386 g/mol. The fourth-order valence-corrected chi connectivity index (χ4v) is 3.33. The molecule has 0 N–H and O–H groups in total. The molecule has 0 fully saturated rings. The first kappa shape index (κ1) is 18.8. The van der Waals surface area contributed by atoms with Crippen molar-refractivity contribution < 1.29 is 22.6 Å². The zero-order valence-corrected chi connectivity index (χ0v) is 14.2. The molecular weight excluding hydrogens is 375 g/mol. The van der Waals surface area contributed by atoms with Gasteiger partial charge in [-0.05, 0) is 24.3 Å². The molecule has 0 saturated carbocycles. The highest BCUT2D eigenvalue weighted by molar-refractivity contribution is 7.92. The fraction of sp³-hybridized carbons (Fsp3) is 0.133. The maximum atomic E-state index is 13.6. The van der Waals surface area contributed by atoms with Gasteiger partial charge in [0.2, 0.25) is 0 Å². The summed E-state index contributed by atoms with van der Waals surface area (Å²) in [6.45, 7) is -0.405. The molecule has 0 aliphatic rings. The lowest BCUT2D eigenvalue weighted by atomic mass is 10.2. The van der Waals surface area contributed by atoms with Crippen LogP contribution in [0.25, 0.3) is 0 Å². The summed E-state index contributed by atoms with van der Waals surface area (Å²) in [5.74, 6) is -0.634. The van der Waals surface area contributed by atoms with Crippen LogP contribution in [0.5, 0.6) is 0 Å². The van der Waals surface area contributed by atoms with Crippen molar-refractivity contribution in [3.63, 3.8) is 0 Å². The van der Waals surface area contributed by atoms with Gasteiger partial charge in [0.05, 0.1) is 9.92 Å². The third-order valence-corrected chi connectivity index (χ3v) is 5.34. The largest absolute Gasteiger partial charge is 0.391 e. The standard InChI is InChI=1S/C15H12ClFN2O5S/c16-13-7-4-8-14(17)12(13)10-24-18-9-15(19(20)21)25(22,23)11-5-2-1-3-6-11/h1-9,15H,10H2/b18-9-/t15-/m1/s1. The molecule has 10 heteroatoms. The molecule has 0 saturated heterocycles. The predicted octanol–water partition coefficient (Wildman–Crippen LogP) is 3.06. The predicted molar refractivity (Wildman–Crippen MR) is 89.1 cm³/mol. The average molecular weight is 387 g/mol. The molecule has 0 radical (unpaired) electrons. The van der Waals surface area contributed by atoms with Crippen LogP contribution in [0.15, 0.2) is 58.6 Å². The SMILES string of the molecule is O=[N+]([O-])[C@@H](/C=N\OCc1c(F)cccc1Cl)S(=O)(=O)c1ccccc1. The van der Waals surface area contributed by atoms with E-state index in [4.69, 9.17) is 16.4 Å². The summed E-state index contributed by atoms with van der Waals surface area (Å²) in [5.41, 5.74) is 0.00452. The molecule has 2 aromatic rings. The van der Waals surface area contributed by atoms with Crippen LogP contribution in [0.3, 0.4) is 0 Å². The topological polar surface area (TPSA) is 98.9 Å². The molecule has 2 aromatic carbocycles. The van der Waals surface area contributed by atoms with Crippen LogP contribution in [0.1, 0.15) is 5.56 Å². The zero-order chi connectivity index (χ0) is 18.4. The van der Waals surface area contributed by atoms with Gasteiger partial charge in [-0.25, -0.2) is 12.8 Å². The Morgan fingerprint density at radius 2 is 1.92 bits per heavy atom. The first-order valence-corrected chi connectivity index (χ1v) is 8.77. The van der Waals surface area contributed by atoms with Crippen LogP contribution >= 0.6 is 11.6 Å². The summed E-state index contributed by atoms with van der Waals surface area (Å²) in [7, 11) is -4.29. The van der Waals surface area contributed by atoms with Crippen molar-refractivity contribution in [2.24, 2.45) is 5.16 Å². The van der Waals surface area contributed by atoms with Gasteiger partial charge in [-0.3, -0.25) is 10.1 Å². The van der Waals surface area contributed by atoms with E-state index in [1.165, 1.54) is 36.4 Å². The van der Waals surface area contributed by atoms with Crippen LogP contribution in [-0.2, 0) is 21.3 Å². The van der Waals surface area contributed by atoms with Crippen LogP contribution in [0.2, 0.25) is 5.02 Å². The number of halogens is 2. The number of nitrogens with zero attached hydrogens (tertiary/aromatic N) is 2. The summed E-state index contributed by atoms with van der Waals surface area (Å²) >= 11 is 5.80. The van der Waals surface area contributed by atoms with Gasteiger partial charge in [0.15, 0.2) is 0 Å². The van der Waals surface area contributed by atoms with Gasteiger partial charge < -0.3 is 4.84 Å². The van der Waals surface area contributed by atoms with E-state index in [2.05, 4.69) is 5.16 Å². The molecule has 25 heavy (non-hydrogen) atoms. The number of hydrogen-bond donors (Lipinski definition) is 0. The molecule has 0 heterocycles. The van der Waals surface area contributed by atoms with Crippen LogP contribution < -0.4 is 0 Å². The second-order valence-electron chi connectivity index (χ2n) is 4.76. The Bertz CT molecular complexity index is 870. The number of benzene rings is 2. The first-order valence-electron chi connectivity index (χ1n) is 6.85. The number of nitro groups is 1. The maximum Gasteiger partial charge on any atom is 0.352 e. The van der Waals surface area contributed by atoms with Crippen molar-refractivity contribution >= 4 is 27.7 Å². The van der Waals surface area contributed by atoms with Gasteiger partial charge in [-0.2, -0.15) is 0 Å². The lowest BCUT2D eigenvalue weighted by Crippen LogP contribution is -2.31. The number of rotatable bonds is 7. The second-order valence-corrected chi connectivity index (χ2v) is 7.21. The van der Waals surface area contributed by atoms with Crippen molar-refractivity contribution in [2.75, 3.05) is 0 Å². The Hall–Kier alpha value is -2.52. The van der Waals surface area contributed by atoms with Crippen LogP contribution in [0.4, 0.5) is 4.39 Å². The molecule has 0 aliphatic heterocycles. The molecule has 1 atom stereocenters. The maximum absolute atomic E-state index is 13.6. The molecule has 0 aromatic heterocycles. The highest BCUT2D eigenvalue weighted by Crippen LogP contribution is 2.20. The van der Waals surface area contributed by atoms with E-state index in [1.807, 2.05) is 0 Å². The Kier molecular flexibility index (Phi) is 6.05. The van der Waals surface area contributed by atoms with E-state index in [9.17, 15) is 22.9 Å². The van der Waals surface area contributed by atoms with Gasteiger partial charge in [-0.1, -0.05) is 41.0 Å². The molecule has 132 valence electrons. The summed E-state index contributed by atoms with van der Waals surface area (Å²) < 4.78 is 38.1. The zero-order valence-electron chi connectivity index (χ0n) is 12.6. The Labute approximate surface area is 147 Å². The van der Waals surface area contributed by atoms with Crippen molar-refractivity contribution in [3.05, 3.63) is 75.0 Å². The quantitative estimate of drug-likeness (QED) is 0.413. The molecule has 7 nitrogen and oxygen atoms in total. The third-order valence-electron chi connectivity index (χ3n) is 3.13. The Balaban J connectivity index is 2.15. The number of oxime groups is 1. The number of sulfone groups is 1. The summed E-state index contributed by atoms with van der Waals surface area (Å²) in [6, 6.07) is 10.9. The highest BCUT2D eigenvalue weighted by Gasteiger charge is 2.36. The van der Waals surface area contributed by atoms with E-state index < -0.39 is 32.6 Å². The molecule has 0 unspecified atom stereocenters. The van der Waals surface area contributed by atoms with Crippen molar-refractivity contribution in [1.82, 2.24) is 0 Å². The van der Waals surface area contributed by atoms with Gasteiger partial charge in [0.25, 0.3) is 9.84 Å². The third kappa shape index (κ3) is 4.52. The van der Waals surface area contributed by atoms with Crippen LogP contribution in [0, 0.1) is 15.9 Å². The van der Waals surface area contributed by atoms with E-state index in [0.29, 0.717) is 6.21 Å². The molecule has 0 aliphatic carbocycles. The van der Waals surface area contributed by atoms with E-state index in [1.54, 1.807) is 6.07 Å². The minimum Gasteiger partial charge on any atom is -0.391 e. The summed E-state index contributed by atoms with van der Waals surface area (Å²) in [6.07, 6.45) is 0.539. The molecule has 0 spiro atoms. The van der Waals surface area contributed by atoms with Crippen molar-refractivity contribution in [2.45, 2.75) is 16.9 Å². The van der Waals surface area contributed by atoms with E-state index >= 15 is 0 Å². The van der Waals surface area contributed by atoms with Gasteiger partial charge in [-0.15, -0.1) is 0 Å². The minimum absolute atomic E-state index is 0.00452. The lowest BCUT2D eigenvalue weighted by molar-refractivity contribution is -0.478. The van der Waals surface area contributed by atoms with E-state index in [0.717, 1.165) is 6.07 Å². The van der Waals surface area contributed by atoms with E-state index in [-0.39, 0.29) is 15.5 Å². The molecule has 0 amide bonds. The average Bonchev–Trinajstić information content (AvgIpc) is 2.57. The first-order chi connectivity index (χ1) is 11.8. The van der Waals surface area contributed by atoms with Gasteiger partial charge in [0, 0.05) is 10.5 Å². The molecular formula is C15H12ClFN2O5S. The molecule has 2 rings (SSSR count). The second kappa shape index (κ2) is 8.04. The summed E-state index contributed by atoms with van der Waals surface area (Å²) in [5, 5.41) is 12.3. The van der Waals surface area contributed by atoms with Gasteiger partial charge >= 0.3 is 5.37 Å². The Morgan fingerprint density at radius 1 is 1.24 bits per heavy atom. The smallest absolute Gasteiger partial charge is 0.352 e. The van der Waals surface area contributed by atoms with Crippen molar-refractivity contribution in [3.8, 4) is 0 Å². The van der Waals surface area contributed by atoms with Crippen molar-refractivity contribution in [1.29, 1.82) is 0 Å². The molecule has 0 bridgehead atoms. The normalized spacial score (nSPS) is 12.9.